The van der Waals surface area contributed by atoms with Crippen molar-refractivity contribution in [2.75, 3.05) is 0 Å². The summed E-state index contributed by atoms with van der Waals surface area (Å²) < 4.78 is 3.56. The lowest BCUT2D eigenvalue weighted by molar-refractivity contribution is 0.212. The molecule has 3 aromatic heterocycles. The number of para-hydroxylation sites is 1. The van der Waals surface area contributed by atoms with Crippen LogP contribution in [0, 0.1) is 0 Å². The summed E-state index contributed by atoms with van der Waals surface area (Å²) in [4.78, 5) is 10.3. The first kappa shape index (κ1) is 28.5. The van der Waals surface area contributed by atoms with E-state index in [-0.39, 0.29) is 0 Å². The summed E-state index contributed by atoms with van der Waals surface area (Å²) in [7, 11) is 0. The Labute approximate surface area is 283 Å². The first-order valence-corrected chi connectivity index (χ1v) is 16.3. The van der Waals surface area contributed by atoms with Crippen LogP contribution in [-0.2, 0) is 0 Å². The quantitative estimate of drug-likeness (QED) is 0.197. The number of aromatic nitrogens is 4. The second-order valence-corrected chi connectivity index (χ2v) is 12.1. The van der Waals surface area contributed by atoms with Gasteiger partial charge in [0, 0.05) is 22.4 Å². The molecule has 0 radical (unpaired) electrons. The van der Waals surface area contributed by atoms with Crippen molar-refractivity contribution in [2.45, 2.75) is 0 Å². The predicted octanol–water partition coefficient (Wildman–Crippen LogP) is 10.8. The van der Waals surface area contributed by atoms with Crippen molar-refractivity contribution in [2.24, 2.45) is 0 Å². The van der Waals surface area contributed by atoms with E-state index in [0.717, 1.165) is 72.9 Å². The summed E-state index contributed by atoms with van der Waals surface area (Å²) >= 11 is 0. The Morgan fingerprint density at radius 2 is 0.898 bits per heavy atom. The van der Waals surface area contributed by atoms with E-state index < -0.39 is 0 Å². The highest BCUT2D eigenvalue weighted by Crippen LogP contribution is 2.47. The summed E-state index contributed by atoms with van der Waals surface area (Å²) in [6.45, 7) is 0. The first-order valence-electron chi connectivity index (χ1n) is 16.3. The van der Waals surface area contributed by atoms with Crippen molar-refractivity contribution in [3.8, 4) is 39.1 Å². The second-order valence-electron chi connectivity index (χ2n) is 12.1. The average Bonchev–Trinajstić information content (AvgIpc) is 3.95. The van der Waals surface area contributed by atoms with Crippen LogP contribution in [0.25, 0.3) is 85.4 Å². The molecular weight excluding hydrogens is 601 g/mol. The molecule has 2 aliphatic rings. The number of rotatable bonds is 4. The maximum atomic E-state index is 11.1. The summed E-state index contributed by atoms with van der Waals surface area (Å²) in [5, 5.41) is 11.1. The summed E-state index contributed by atoms with van der Waals surface area (Å²) in [6.07, 6.45) is 8.12. The molecule has 0 saturated carbocycles. The van der Waals surface area contributed by atoms with Crippen molar-refractivity contribution < 1.29 is 5.21 Å². The van der Waals surface area contributed by atoms with Gasteiger partial charge in [0.05, 0.1) is 44.8 Å². The largest absolute Gasteiger partial charge is 0.428 e. The highest BCUT2D eigenvalue weighted by atomic mass is 16.5. The van der Waals surface area contributed by atoms with Gasteiger partial charge in [-0.15, -0.1) is 0 Å². The van der Waals surface area contributed by atoms with Gasteiger partial charge in [0.1, 0.15) is 0 Å². The van der Waals surface area contributed by atoms with E-state index in [1.54, 1.807) is 0 Å². The molecule has 4 aromatic carbocycles. The molecule has 5 heterocycles. The third kappa shape index (κ3) is 5.05. The van der Waals surface area contributed by atoms with Crippen LogP contribution in [0.3, 0.4) is 0 Å². The van der Waals surface area contributed by atoms with Crippen molar-refractivity contribution in [3.05, 3.63) is 174 Å². The lowest BCUT2D eigenvalue weighted by Gasteiger charge is -2.13. The molecule has 2 aliphatic heterocycles. The molecule has 0 amide bonds. The SMILES string of the molecule is On1c2ccc1cc1nc(c(-c3ccccc3)c3c(-c4ccccc4)c(-c4ccccc4)c(cc4nc(c2)C=C4)n3-c2ccccc2)C=C1. The molecule has 1 N–H and O–H groups in total. The van der Waals surface area contributed by atoms with Crippen LogP contribution in [0.5, 0.6) is 0 Å². The van der Waals surface area contributed by atoms with E-state index in [1.165, 1.54) is 4.73 Å². The molecule has 0 saturated heterocycles. The smallest absolute Gasteiger partial charge is 0.0821 e. The van der Waals surface area contributed by atoms with E-state index in [9.17, 15) is 5.21 Å². The van der Waals surface area contributed by atoms with Crippen LogP contribution in [0.4, 0.5) is 0 Å². The molecule has 232 valence electrons. The van der Waals surface area contributed by atoms with E-state index in [4.69, 9.17) is 9.97 Å². The predicted molar refractivity (Wildman–Crippen MR) is 201 cm³/mol. The van der Waals surface area contributed by atoms with Gasteiger partial charge in [-0.3, -0.25) is 0 Å². The minimum absolute atomic E-state index is 0.633. The first-order chi connectivity index (χ1) is 24.2. The zero-order valence-corrected chi connectivity index (χ0v) is 26.5. The molecule has 0 atom stereocenters. The van der Waals surface area contributed by atoms with E-state index >= 15 is 0 Å². The Morgan fingerprint density at radius 1 is 0.429 bits per heavy atom. The molecule has 0 unspecified atom stereocenters. The zero-order chi connectivity index (χ0) is 32.7. The Bertz CT molecular complexity index is 2580. The average molecular weight is 631 g/mol. The summed E-state index contributed by atoms with van der Waals surface area (Å²) in [5.74, 6) is 0. The zero-order valence-electron chi connectivity index (χ0n) is 26.5. The maximum absolute atomic E-state index is 11.1. The molecule has 9 rings (SSSR count). The number of hydrogen-bond acceptors (Lipinski definition) is 3. The Balaban J connectivity index is 1.61. The highest BCUT2D eigenvalue weighted by molar-refractivity contribution is 6.10. The van der Waals surface area contributed by atoms with E-state index in [0.29, 0.717) is 11.0 Å². The Hall–Kier alpha value is -6.72. The Morgan fingerprint density at radius 3 is 1.49 bits per heavy atom. The van der Waals surface area contributed by atoms with Crippen LogP contribution in [0.2, 0.25) is 0 Å². The highest BCUT2D eigenvalue weighted by Gasteiger charge is 2.25. The molecule has 5 nitrogen and oxygen atoms in total. The molecule has 5 heteroatoms. The van der Waals surface area contributed by atoms with Crippen molar-refractivity contribution >= 4 is 46.4 Å². The Kier molecular flexibility index (Phi) is 6.87. The fourth-order valence-electron chi connectivity index (χ4n) is 6.88. The number of hydrogen-bond donors (Lipinski definition) is 1. The standard InChI is InChI=1S/C44H30N4O/c49-48-37-24-25-38(48)28-34-23-26-39(46-34)41(30-13-5-1-6-14-30)44-43(32-17-9-3-10-18-32)42(31-15-7-2-8-16-31)40(29-35-22-21-33(27-37)45-35)47(44)36-19-11-4-12-20-36/h1-29,49H. The number of nitrogens with zero attached hydrogens (tertiary/aromatic N) is 4. The van der Waals surface area contributed by atoms with Crippen LogP contribution >= 0.6 is 0 Å². The van der Waals surface area contributed by atoms with Crippen LogP contribution in [0.1, 0.15) is 22.8 Å². The second kappa shape index (κ2) is 11.8. The number of benzene rings is 4. The van der Waals surface area contributed by atoms with Gasteiger partial charge in [-0.05, 0) is 83.5 Å². The van der Waals surface area contributed by atoms with Crippen molar-refractivity contribution in [1.82, 2.24) is 19.3 Å². The molecule has 0 aliphatic carbocycles. The van der Waals surface area contributed by atoms with Crippen LogP contribution < -0.4 is 0 Å². The molecule has 7 aromatic rings. The third-order valence-electron chi connectivity index (χ3n) is 9.04. The minimum atomic E-state index is 0.633. The third-order valence-corrected chi connectivity index (χ3v) is 9.04. The fourth-order valence-corrected chi connectivity index (χ4v) is 6.88. The molecule has 0 spiro atoms. The van der Waals surface area contributed by atoms with Gasteiger partial charge in [-0.2, -0.15) is 4.73 Å². The van der Waals surface area contributed by atoms with Gasteiger partial charge in [0.25, 0.3) is 0 Å². The summed E-state index contributed by atoms with van der Waals surface area (Å²) in [6, 6.07) is 52.0. The van der Waals surface area contributed by atoms with Crippen LogP contribution in [0.15, 0.2) is 152 Å². The van der Waals surface area contributed by atoms with Gasteiger partial charge in [-0.25, -0.2) is 9.97 Å². The molecule has 49 heavy (non-hydrogen) atoms. The van der Waals surface area contributed by atoms with Gasteiger partial charge < -0.3 is 9.77 Å². The van der Waals surface area contributed by atoms with Crippen molar-refractivity contribution in [3.63, 3.8) is 0 Å². The van der Waals surface area contributed by atoms with Gasteiger partial charge >= 0.3 is 0 Å². The van der Waals surface area contributed by atoms with E-state index in [2.05, 4.69) is 132 Å². The molecule has 8 bridgehead atoms. The summed E-state index contributed by atoms with van der Waals surface area (Å²) in [5.41, 5.74) is 13.9. The minimum Gasteiger partial charge on any atom is -0.428 e. The normalized spacial score (nSPS) is 12.0. The fraction of sp³-hybridized carbons (Fsp3) is 0. The molecular formula is C44H30N4O. The lowest BCUT2D eigenvalue weighted by Crippen LogP contribution is -1.97. The molecule has 0 fully saturated rings. The number of fused-ring (bicyclic) bond motifs is 8. The van der Waals surface area contributed by atoms with Gasteiger partial charge in [-0.1, -0.05) is 109 Å². The monoisotopic (exact) mass is 630 g/mol. The topological polar surface area (TPSA) is 55.9 Å². The lowest BCUT2D eigenvalue weighted by atomic mass is 9.93. The maximum Gasteiger partial charge on any atom is 0.0821 e. The van der Waals surface area contributed by atoms with Gasteiger partial charge in [0.2, 0.25) is 0 Å². The van der Waals surface area contributed by atoms with Gasteiger partial charge in [0.15, 0.2) is 0 Å². The van der Waals surface area contributed by atoms with E-state index in [1.807, 2.05) is 48.6 Å². The van der Waals surface area contributed by atoms with Crippen LogP contribution in [-0.4, -0.2) is 24.5 Å². The van der Waals surface area contributed by atoms with Crippen molar-refractivity contribution in [1.29, 1.82) is 0 Å².